The quantitative estimate of drug-likeness (QED) is 0.0153. The van der Waals surface area contributed by atoms with E-state index in [9.17, 15) is 101 Å². The van der Waals surface area contributed by atoms with Crippen LogP contribution >= 0.6 is 0 Å². The highest BCUT2D eigenvalue weighted by Crippen LogP contribution is 2.10. The number of rotatable bonds is 50. The number of methoxy groups -OCH3 is 1. The largest absolute Gasteiger partial charge is 0.481 e. The lowest BCUT2D eigenvalue weighted by atomic mass is 10.0. The summed E-state index contributed by atoms with van der Waals surface area (Å²) in [5, 5.41) is 47.5. The summed E-state index contributed by atoms with van der Waals surface area (Å²) in [6.07, 6.45) is -11.1. The van der Waals surface area contributed by atoms with Crippen LogP contribution in [0.3, 0.4) is 0 Å². The molecule has 0 spiro atoms. The minimum Gasteiger partial charge on any atom is -0.481 e. The molecule has 84 heavy (non-hydrogen) atoms. The fourth-order valence-corrected chi connectivity index (χ4v) is 7.39. The van der Waals surface area contributed by atoms with Crippen molar-refractivity contribution in [1.82, 2.24) is 63.8 Å². The first kappa shape index (κ1) is 76.0. The van der Waals surface area contributed by atoms with E-state index in [-0.39, 0.29) is 25.1 Å². The van der Waals surface area contributed by atoms with Crippen molar-refractivity contribution in [1.29, 1.82) is 0 Å². The Morgan fingerprint density at radius 1 is 0.405 bits per heavy atom. The third-order valence-corrected chi connectivity index (χ3v) is 11.7. The maximum Gasteiger partial charge on any atom is 0.323 e. The maximum atomic E-state index is 14.3. The number of hydrogen-bond acceptors (Lipinski definition) is 28. The number of aliphatic carboxylic acids is 2. The average molecular weight is 1200 g/mol. The van der Waals surface area contributed by atoms with Crippen molar-refractivity contribution in [3.05, 3.63) is 0 Å². The molecule has 34 heteroatoms. The zero-order valence-corrected chi connectivity index (χ0v) is 47.2. The first-order chi connectivity index (χ1) is 39.6. The monoisotopic (exact) mass is 1200 g/mol. The Morgan fingerprint density at radius 3 is 1.04 bits per heavy atom. The van der Waals surface area contributed by atoms with Crippen LogP contribution in [0.2, 0.25) is 0 Å². The van der Waals surface area contributed by atoms with Gasteiger partial charge in [0.2, 0.25) is 23.6 Å². The highest BCUT2D eigenvalue weighted by atomic mass is 16.5. The summed E-state index contributed by atoms with van der Waals surface area (Å²) < 4.78 is 4.72. The number of carboxylic acids is 2. The molecule has 0 heterocycles. The van der Waals surface area contributed by atoms with E-state index in [0.29, 0.717) is 25.1 Å². The number of carbonyl (C=O) groups is 19. The third-order valence-electron chi connectivity index (χ3n) is 11.7. The zero-order chi connectivity index (χ0) is 64.2. The van der Waals surface area contributed by atoms with E-state index in [4.69, 9.17) is 4.74 Å². The molecule has 0 aliphatic heterocycles. The van der Waals surface area contributed by atoms with Gasteiger partial charge in [-0.15, -0.1) is 0 Å². The highest BCUT2D eigenvalue weighted by molar-refractivity contribution is 6.00. The van der Waals surface area contributed by atoms with Crippen LogP contribution in [0.15, 0.2) is 0 Å². The van der Waals surface area contributed by atoms with Crippen LogP contribution in [-0.4, -0.2) is 230 Å². The topological polar surface area (TPSA) is 518 Å². The van der Waals surface area contributed by atoms with E-state index in [2.05, 4.69) is 63.8 Å². The Hall–Kier alpha value is -7.99. The number of nitrogens with one attached hydrogen (secondary N) is 12. The molecule has 0 aliphatic carbocycles. The number of hydrogen-bond donors (Lipinski definition) is 14. The number of Topliss-reactive ketones (excluding diaryl/α,β-unsaturated/α-hetero) is 4. The average Bonchev–Trinajstić information content (AvgIpc) is 3.55. The third kappa shape index (κ3) is 30.4. The predicted molar refractivity (Wildman–Crippen MR) is 286 cm³/mol. The Morgan fingerprint density at radius 2 is 0.714 bits per heavy atom. The molecule has 0 rings (SSSR count). The molecule has 0 unspecified atom stereocenters. The molecule has 34 nitrogen and oxygen atoms in total. The van der Waals surface area contributed by atoms with E-state index in [0.717, 1.165) is 14.0 Å². The van der Waals surface area contributed by atoms with Gasteiger partial charge in [-0.25, -0.2) is 0 Å². The van der Waals surface area contributed by atoms with Crippen LogP contribution in [0.1, 0.15) is 92.9 Å². The second kappa shape index (κ2) is 41.1. The lowest BCUT2D eigenvalue weighted by molar-refractivity contribution is -0.145. The fraction of sp³-hybridized carbons (Fsp3) is 0.620. The van der Waals surface area contributed by atoms with Crippen LogP contribution in [0.5, 0.6) is 0 Å². The van der Waals surface area contributed by atoms with Gasteiger partial charge in [-0.2, -0.15) is 0 Å². The van der Waals surface area contributed by atoms with Crippen LogP contribution in [0, 0.1) is 0 Å². The first-order valence-electron chi connectivity index (χ1n) is 26.0. The molecule has 0 aromatic carbocycles. The molecular formula is C50H76N12O22. The molecule has 0 aliphatic rings. The van der Waals surface area contributed by atoms with Crippen molar-refractivity contribution >= 4 is 115 Å². The van der Waals surface area contributed by atoms with Gasteiger partial charge < -0.3 is 74.6 Å². The second-order valence-electron chi connectivity index (χ2n) is 19.1. The smallest absolute Gasteiger partial charge is 0.323 e. The van der Waals surface area contributed by atoms with Gasteiger partial charge in [0.15, 0.2) is 23.1 Å². The summed E-state index contributed by atoms with van der Waals surface area (Å²) in [4.78, 5) is 240. The number of aldehydes is 8. The summed E-state index contributed by atoms with van der Waals surface area (Å²) in [5.41, 5.74) is 0. The van der Waals surface area contributed by atoms with Gasteiger partial charge in [-0.05, 0) is 47.5 Å². The number of amides is 4. The lowest BCUT2D eigenvalue weighted by Gasteiger charge is -2.30. The lowest BCUT2D eigenvalue weighted by Crippen LogP contribution is -2.63. The number of ether oxygens (including phenoxy) is 1. The Kier molecular flexibility index (Phi) is 37.2. The number of ketones is 4. The van der Waals surface area contributed by atoms with Crippen molar-refractivity contribution in [2.75, 3.05) is 13.7 Å². The maximum absolute atomic E-state index is 14.3. The second-order valence-corrected chi connectivity index (χ2v) is 19.1. The number of carboxylic acid groups (broad SMARTS) is 2. The van der Waals surface area contributed by atoms with E-state index in [1.807, 2.05) is 0 Å². The molecule has 0 aromatic heterocycles. The van der Waals surface area contributed by atoms with Crippen molar-refractivity contribution in [2.45, 2.75) is 184 Å². The zero-order valence-electron chi connectivity index (χ0n) is 47.2. The van der Waals surface area contributed by atoms with Crippen LogP contribution in [0.4, 0.5) is 0 Å². The molecule has 4 amide bonds. The normalized spacial score (nSPS) is 16.4. The van der Waals surface area contributed by atoms with E-state index < -0.39 is 214 Å². The Labute approximate surface area is 481 Å². The van der Waals surface area contributed by atoms with Gasteiger partial charge in [0.25, 0.3) is 0 Å². The molecule has 0 bridgehead atoms. The molecular weight excluding hydrogens is 1120 g/mol. The Balaban J connectivity index is 7.45. The molecule has 0 radical (unpaired) electrons. The summed E-state index contributed by atoms with van der Waals surface area (Å²) >= 11 is 0. The van der Waals surface area contributed by atoms with Crippen LogP contribution in [0.25, 0.3) is 0 Å². The SMILES string of the molecule is COC(=O)[C@@H](CC(=O)[C@@H](NC(=O)[C@@H](CC(=O)[C@@H](NC(=O)[C@@H](CC(=O)[C@@H](NC(=O)[C@@H](CC(=O)[C@H](NCC=O)NC(C)=O)N[C@H](C=O)CCC(=O)O)N[C@@H](C)C=O)N[C@@H](C)C=O)N[C@@H](C)C=O)N[C@@H](C)C=O)N[C@H](C=O)CCC(=O)O)N[C@@H](C)C=O. The summed E-state index contributed by atoms with van der Waals surface area (Å²) in [7, 11) is 0.969. The van der Waals surface area contributed by atoms with Crippen molar-refractivity contribution < 1.29 is 106 Å². The Bertz CT molecular complexity index is 2340. The molecule has 0 aromatic rings. The van der Waals surface area contributed by atoms with Crippen molar-refractivity contribution in [3.8, 4) is 0 Å². The number of carbonyl (C=O) groups excluding carboxylic acids is 17. The predicted octanol–water partition coefficient (Wildman–Crippen LogP) is -8.02. The minimum absolute atomic E-state index is 0.216. The van der Waals surface area contributed by atoms with Gasteiger partial charge in [0, 0.05) is 45.4 Å². The van der Waals surface area contributed by atoms with Gasteiger partial charge in [0.1, 0.15) is 81.0 Å². The molecule has 15 atom stereocenters. The van der Waals surface area contributed by atoms with E-state index in [1.165, 1.54) is 34.6 Å². The summed E-state index contributed by atoms with van der Waals surface area (Å²) in [6.45, 7) is 6.80. The van der Waals surface area contributed by atoms with Gasteiger partial charge in [-0.3, -0.25) is 95.3 Å². The molecule has 0 fully saturated rings. The van der Waals surface area contributed by atoms with Crippen molar-refractivity contribution in [3.63, 3.8) is 0 Å². The van der Waals surface area contributed by atoms with Gasteiger partial charge in [0.05, 0.1) is 74.1 Å². The minimum atomic E-state index is -2.01. The van der Waals surface area contributed by atoms with E-state index >= 15 is 0 Å². The summed E-state index contributed by atoms with van der Waals surface area (Å²) in [6, 6.07) is -16.1. The van der Waals surface area contributed by atoms with E-state index in [1.54, 1.807) is 0 Å². The van der Waals surface area contributed by atoms with Crippen LogP contribution < -0.4 is 63.8 Å². The van der Waals surface area contributed by atoms with Gasteiger partial charge >= 0.3 is 17.9 Å². The highest BCUT2D eigenvalue weighted by Gasteiger charge is 2.38. The molecule has 0 saturated heterocycles. The standard InChI is InChI=1S/C50H76N12O22/c1-25(18-64)52-33(14-39(74)45(56-29(5)22-68)61-49(82)35(58-31(23-69)8-10-41(76)77)16-37(72)43(51-12-13-63)57-30(6)71)47(80)60-44(55-28(4)21-67)38(73)15-34(53-26(2)19-65)48(81)62-46(59-32(24-70)9-11-42(78)79)40(75)17-36(50(83)84-7)54-27(3)20-66/h13,18-29,31-36,43-46,51-56,58-59H,8-12,14-17H2,1-7H3,(H,57,71)(H,60,80)(H,61,82)(H,62,81)(H,76,77)(H,78,79)/t25-,26-,27-,28-,29-,31-,32-,33+,34+,35+,36+,43+,44+,45+,46+/m0/s1. The summed E-state index contributed by atoms with van der Waals surface area (Å²) in [5.74, 6) is -12.7. The van der Waals surface area contributed by atoms with Crippen molar-refractivity contribution in [2.24, 2.45) is 0 Å². The molecule has 468 valence electrons. The van der Waals surface area contributed by atoms with Gasteiger partial charge in [-0.1, -0.05) is 0 Å². The first-order valence-corrected chi connectivity index (χ1v) is 26.0. The molecule has 0 saturated carbocycles. The van der Waals surface area contributed by atoms with Crippen LogP contribution in [-0.2, 0) is 95.8 Å². The number of esters is 1. The fourth-order valence-electron chi connectivity index (χ4n) is 7.39. The molecule has 14 N–H and O–H groups in total.